The van der Waals surface area contributed by atoms with Crippen LogP contribution in [-0.2, 0) is 4.74 Å². The fourth-order valence-electron chi connectivity index (χ4n) is 0.899. The molecule has 0 radical (unpaired) electrons. The number of hydrogen-bond acceptors (Lipinski definition) is 2. The van der Waals surface area contributed by atoms with Crippen LogP contribution in [0.15, 0.2) is 24.5 Å². The zero-order valence-electron chi connectivity index (χ0n) is 5.92. The minimum Gasteiger partial charge on any atom is -0.495 e. The SMILES string of the molecule is C=CC(O)C1=CCCCO1. The molecule has 10 heavy (non-hydrogen) atoms. The van der Waals surface area contributed by atoms with E-state index in [1.54, 1.807) is 0 Å². The summed E-state index contributed by atoms with van der Waals surface area (Å²) in [5, 5.41) is 9.17. The Morgan fingerprint density at radius 2 is 2.60 bits per heavy atom. The molecule has 0 amide bonds. The molecule has 0 aliphatic carbocycles. The van der Waals surface area contributed by atoms with E-state index in [9.17, 15) is 5.11 Å². The molecule has 1 aliphatic heterocycles. The normalized spacial score (nSPS) is 20.7. The Balaban J connectivity index is 2.52. The van der Waals surface area contributed by atoms with Crippen LogP contribution in [0, 0.1) is 0 Å². The Hall–Kier alpha value is -0.760. The number of aliphatic hydroxyl groups excluding tert-OH is 1. The number of ether oxygens (including phenoxy) is 1. The van der Waals surface area contributed by atoms with Crippen LogP contribution in [-0.4, -0.2) is 17.8 Å². The highest BCUT2D eigenvalue weighted by molar-refractivity contribution is 5.08. The molecule has 1 heterocycles. The van der Waals surface area contributed by atoms with Crippen molar-refractivity contribution in [3.63, 3.8) is 0 Å². The first kappa shape index (κ1) is 7.35. The van der Waals surface area contributed by atoms with Crippen molar-refractivity contribution >= 4 is 0 Å². The number of aliphatic hydroxyl groups is 1. The second-order valence-electron chi connectivity index (χ2n) is 2.28. The lowest BCUT2D eigenvalue weighted by atomic mass is 10.2. The monoisotopic (exact) mass is 140 g/mol. The van der Waals surface area contributed by atoms with Crippen molar-refractivity contribution in [2.24, 2.45) is 0 Å². The highest BCUT2D eigenvalue weighted by Gasteiger charge is 2.10. The van der Waals surface area contributed by atoms with Crippen LogP contribution in [0.2, 0.25) is 0 Å². The van der Waals surface area contributed by atoms with E-state index < -0.39 is 6.10 Å². The summed E-state index contributed by atoms with van der Waals surface area (Å²) in [5.74, 6) is 0.654. The van der Waals surface area contributed by atoms with Crippen LogP contribution in [0.1, 0.15) is 12.8 Å². The van der Waals surface area contributed by atoms with E-state index in [0.717, 1.165) is 19.4 Å². The maximum absolute atomic E-state index is 9.17. The van der Waals surface area contributed by atoms with Crippen molar-refractivity contribution in [3.05, 3.63) is 24.5 Å². The van der Waals surface area contributed by atoms with Gasteiger partial charge in [-0.2, -0.15) is 0 Å². The van der Waals surface area contributed by atoms with Crippen molar-refractivity contribution in [1.29, 1.82) is 0 Å². The first-order valence-corrected chi connectivity index (χ1v) is 3.48. The zero-order valence-corrected chi connectivity index (χ0v) is 5.92. The van der Waals surface area contributed by atoms with Gasteiger partial charge in [0.15, 0.2) is 0 Å². The Morgan fingerprint density at radius 3 is 3.10 bits per heavy atom. The largest absolute Gasteiger partial charge is 0.495 e. The van der Waals surface area contributed by atoms with Gasteiger partial charge in [-0.3, -0.25) is 0 Å². The fourth-order valence-corrected chi connectivity index (χ4v) is 0.899. The summed E-state index contributed by atoms with van der Waals surface area (Å²) in [5.41, 5.74) is 0. The number of hydrogen-bond donors (Lipinski definition) is 1. The Morgan fingerprint density at radius 1 is 1.80 bits per heavy atom. The van der Waals surface area contributed by atoms with Crippen molar-refractivity contribution in [2.75, 3.05) is 6.61 Å². The van der Waals surface area contributed by atoms with E-state index in [1.165, 1.54) is 6.08 Å². The van der Waals surface area contributed by atoms with Crippen molar-refractivity contribution in [1.82, 2.24) is 0 Å². The minimum atomic E-state index is -0.611. The van der Waals surface area contributed by atoms with Gasteiger partial charge in [-0.1, -0.05) is 6.08 Å². The molecule has 1 N–H and O–H groups in total. The molecule has 1 atom stereocenters. The molecule has 0 aromatic carbocycles. The standard InChI is InChI=1S/C8H12O2/c1-2-7(9)8-5-3-4-6-10-8/h2,5,7,9H,1,3-4,6H2. The number of rotatable bonds is 2. The maximum atomic E-state index is 9.17. The maximum Gasteiger partial charge on any atom is 0.129 e. The molecule has 1 aliphatic rings. The molecule has 2 nitrogen and oxygen atoms in total. The van der Waals surface area contributed by atoms with E-state index in [4.69, 9.17) is 4.74 Å². The van der Waals surface area contributed by atoms with E-state index in [0.29, 0.717) is 5.76 Å². The molecule has 56 valence electrons. The lowest BCUT2D eigenvalue weighted by molar-refractivity contribution is 0.115. The third-order valence-electron chi connectivity index (χ3n) is 1.48. The summed E-state index contributed by atoms with van der Waals surface area (Å²) in [4.78, 5) is 0. The van der Waals surface area contributed by atoms with E-state index in [2.05, 4.69) is 6.58 Å². The van der Waals surface area contributed by atoms with Gasteiger partial charge in [-0.05, 0) is 18.9 Å². The summed E-state index contributed by atoms with van der Waals surface area (Å²) in [7, 11) is 0. The van der Waals surface area contributed by atoms with E-state index in [-0.39, 0.29) is 0 Å². The molecule has 0 bridgehead atoms. The van der Waals surface area contributed by atoms with Crippen molar-refractivity contribution in [2.45, 2.75) is 18.9 Å². The first-order valence-electron chi connectivity index (χ1n) is 3.48. The third-order valence-corrected chi connectivity index (χ3v) is 1.48. The third kappa shape index (κ3) is 1.61. The van der Waals surface area contributed by atoms with E-state index >= 15 is 0 Å². The van der Waals surface area contributed by atoms with Crippen LogP contribution < -0.4 is 0 Å². The fraction of sp³-hybridized carbons (Fsp3) is 0.500. The van der Waals surface area contributed by atoms with Gasteiger partial charge in [0.2, 0.25) is 0 Å². The molecular formula is C8H12O2. The molecular weight excluding hydrogens is 128 g/mol. The minimum absolute atomic E-state index is 0.611. The molecule has 1 unspecified atom stereocenters. The lowest BCUT2D eigenvalue weighted by Gasteiger charge is -2.16. The van der Waals surface area contributed by atoms with Gasteiger partial charge in [-0.15, -0.1) is 6.58 Å². The van der Waals surface area contributed by atoms with Gasteiger partial charge in [-0.25, -0.2) is 0 Å². The van der Waals surface area contributed by atoms with Gasteiger partial charge in [0.25, 0.3) is 0 Å². The second-order valence-corrected chi connectivity index (χ2v) is 2.28. The second kappa shape index (κ2) is 3.42. The molecule has 1 rings (SSSR count). The topological polar surface area (TPSA) is 29.5 Å². The van der Waals surface area contributed by atoms with Gasteiger partial charge < -0.3 is 9.84 Å². The smallest absolute Gasteiger partial charge is 0.129 e. The van der Waals surface area contributed by atoms with Crippen LogP contribution in [0.25, 0.3) is 0 Å². The predicted molar refractivity (Wildman–Crippen MR) is 39.5 cm³/mol. The van der Waals surface area contributed by atoms with Crippen molar-refractivity contribution in [3.8, 4) is 0 Å². The molecule has 0 saturated carbocycles. The lowest BCUT2D eigenvalue weighted by Crippen LogP contribution is -2.13. The highest BCUT2D eigenvalue weighted by atomic mass is 16.5. The van der Waals surface area contributed by atoms with Crippen LogP contribution >= 0.6 is 0 Å². The predicted octanol–water partition coefficient (Wildman–Crippen LogP) is 1.23. The quantitative estimate of drug-likeness (QED) is 0.584. The molecule has 0 aromatic rings. The average molecular weight is 140 g/mol. The molecule has 0 fully saturated rings. The molecule has 0 aromatic heterocycles. The zero-order chi connectivity index (χ0) is 7.40. The molecule has 2 heteroatoms. The Bertz CT molecular complexity index is 149. The molecule has 0 saturated heterocycles. The van der Waals surface area contributed by atoms with Gasteiger partial charge in [0.1, 0.15) is 11.9 Å². The Kier molecular flexibility index (Phi) is 2.51. The van der Waals surface area contributed by atoms with Crippen LogP contribution in [0.5, 0.6) is 0 Å². The summed E-state index contributed by atoms with van der Waals surface area (Å²) >= 11 is 0. The summed E-state index contributed by atoms with van der Waals surface area (Å²) in [6.07, 6.45) is 4.82. The number of allylic oxidation sites excluding steroid dienone is 1. The van der Waals surface area contributed by atoms with Gasteiger partial charge in [0, 0.05) is 0 Å². The average Bonchev–Trinajstić information content (AvgIpc) is 2.05. The highest BCUT2D eigenvalue weighted by Crippen LogP contribution is 2.13. The van der Waals surface area contributed by atoms with Gasteiger partial charge in [0.05, 0.1) is 6.61 Å². The summed E-state index contributed by atoms with van der Waals surface area (Å²) in [6, 6.07) is 0. The Labute approximate surface area is 60.8 Å². The van der Waals surface area contributed by atoms with Crippen LogP contribution in [0.3, 0.4) is 0 Å². The summed E-state index contributed by atoms with van der Waals surface area (Å²) < 4.78 is 5.17. The van der Waals surface area contributed by atoms with Crippen LogP contribution in [0.4, 0.5) is 0 Å². The van der Waals surface area contributed by atoms with Crippen molar-refractivity contribution < 1.29 is 9.84 Å². The summed E-state index contributed by atoms with van der Waals surface area (Å²) in [6.45, 7) is 4.18. The first-order chi connectivity index (χ1) is 4.84. The molecule has 0 spiro atoms. The van der Waals surface area contributed by atoms with Gasteiger partial charge >= 0.3 is 0 Å². The van der Waals surface area contributed by atoms with E-state index in [1.807, 2.05) is 6.08 Å².